The fourth-order valence-corrected chi connectivity index (χ4v) is 9.81. The topological polar surface area (TPSA) is 495 Å². The van der Waals surface area contributed by atoms with Gasteiger partial charge in [-0.2, -0.15) is 0 Å². The third-order valence-electron chi connectivity index (χ3n) is 15.1. The van der Waals surface area contributed by atoms with Crippen LogP contribution in [-0.4, -0.2) is 352 Å². The third-order valence-corrected chi connectivity index (χ3v) is 15.1. The van der Waals surface area contributed by atoms with Gasteiger partial charge in [0, 0.05) is 59.7 Å². The van der Waals surface area contributed by atoms with Crippen molar-refractivity contribution in [3.05, 3.63) is 0 Å². The molecule has 36 heteroatoms. The SMILES string of the molecule is CC(=O)NC1C(OCCOCCOCCOCCNC(=O)CCC(C)(CCC(=O)NCCOCCOCCOCCOC2OC(CO)C(O)C(O)C2NC(C)=O)CCC(=O)NCCOCCOCCOCCOC2OC(CO)[C@H](O)C(O)C2NC(C)=O)OC(CO)C(O)C1O. The molecule has 554 valence electrons. The molecule has 95 heavy (non-hydrogen) atoms. The van der Waals surface area contributed by atoms with Crippen LogP contribution in [-0.2, 0) is 99.8 Å². The smallest absolute Gasteiger partial charge is 0.220 e. The van der Waals surface area contributed by atoms with Crippen LogP contribution in [0.25, 0.3) is 0 Å². The average Bonchev–Trinajstić information content (AvgIpc) is 0.836. The van der Waals surface area contributed by atoms with E-state index in [9.17, 15) is 74.7 Å². The van der Waals surface area contributed by atoms with Crippen LogP contribution in [0.2, 0.25) is 0 Å². The van der Waals surface area contributed by atoms with E-state index in [1.807, 2.05) is 6.92 Å². The van der Waals surface area contributed by atoms with E-state index >= 15 is 0 Å². The van der Waals surface area contributed by atoms with Gasteiger partial charge < -0.3 is 149 Å². The molecule has 0 bridgehead atoms. The Morgan fingerprint density at radius 2 is 0.547 bits per heavy atom. The van der Waals surface area contributed by atoms with Crippen molar-refractivity contribution < 1.29 is 146 Å². The predicted molar refractivity (Wildman–Crippen MR) is 326 cm³/mol. The standard InChI is InChI=1S/C59H108N6O30/c1-38(69)63-47-53(78)50(75)41(35-66)93-56(47)90-32-29-87-26-23-84-20-17-81-14-11-60-44(72)5-8-59(4,9-6-45(73)61-12-15-82-18-21-85-24-27-88-30-33-91-57-48(64-39(2)70)54(79)51(76)42(36-67)94-57)10-7-46(74)62-13-16-83-19-22-86-25-28-89-31-34-92-58-49(65-40(3)71)55(80)52(77)43(37-68)95-58/h41-43,47-58,66-68,75-80H,5-37H2,1-4H3,(H,60,72)(H,61,73)(H,62,74)(H,63,69)(H,64,70)(H,65,71)/t41?,42?,43?,47?,48?,49?,50-,51?,52?,53?,54?,55?,56?,57?,58?,59?/m0/s1. The first kappa shape index (κ1) is 85.1. The van der Waals surface area contributed by atoms with E-state index in [-0.39, 0.29) is 195 Å². The summed E-state index contributed by atoms with van der Waals surface area (Å²) in [5, 5.41) is 106. The van der Waals surface area contributed by atoms with Crippen molar-refractivity contribution in [2.45, 2.75) is 158 Å². The second-order valence-corrected chi connectivity index (χ2v) is 22.8. The van der Waals surface area contributed by atoms with Gasteiger partial charge in [-0.25, -0.2) is 0 Å². The van der Waals surface area contributed by atoms with E-state index in [2.05, 4.69) is 31.9 Å². The molecule has 15 N–H and O–H groups in total. The van der Waals surface area contributed by atoms with Gasteiger partial charge in [-0.3, -0.25) is 28.8 Å². The highest BCUT2D eigenvalue weighted by molar-refractivity contribution is 5.77. The van der Waals surface area contributed by atoms with Crippen LogP contribution in [0.1, 0.15) is 66.2 Å². The molecule has 3 fully saturated rings. The van der Waals surface area contributed by atoms with Crippen LogP contribution in [0.15, 0.2) is 0 Å². The molecule has 15 atom stereocenters. The molecule has 3 aliphatic heterocycles. The van der Waals surface area contributed by atoms with Crippen LogP contribution < -0.4 is 31.9 Å². The minimum Gasteiger partial charge on any atom is -0.394 e. The number of aliphatic hydroxyl groups is 9. The second-order valence-electron chi connectivity index (χ2n) is 22.8. The maximum Gasteiger partial charge on any atom is 0.220 e. The summed E-state index contributed by atoms with van der Waals surface area (Å²) in [6.07, 6.45) is -13.7. The Morgan fingerprint density at radius 3 is 0.758 bits per heavy atom. The number of rotatable bonds is 54. The van der Waals surface area contributed by atoms with Gasteiger partial charge in [0.2, 0.25) is 35.4 Å². The highest BCUT2D eigenvalue weighted by Crippen LogP contribution is 2.35. The number of hydrogen-bond donors (Lipinski definition) is 15. The molecule has 3 saturated heterocycles. The summed E-state index contributed by atoms with van der Waals surface area (Å²) >= 11 is 0. The lowest BCUT2D eigenvalue weighted by Crippen LogP contribution is -2.64. The highest BCUT2D eigenvalue weighted by Gasteiger charge is 2.48. The largest absolute Gasteiger partial charge is 0.394 e. The lowest BCUT2D eigenvalue weighted by atomic mass is 9.77. The summed E-state index contributed by atoms with van der Waals surface area (Å²) in [4.78, 5) is 73.9. The minimum absolute atomic E-state index is 0.0186. The Hall–Kier alpha value is -4.14. The summed E-state index contributed by atoms with van der Waals surface area (Å²) in [6.45, 7) is 8.61. The van der Waals surface area contributed by atoms with Crippen molar-refractivity contribution in [3.63, 3.8) is 0 Å². The number of carbonyl (C=O) groups excluding carboxylic acids is 6. The Balaban J connectivity index is 1.30. The van der Waals surface area contributed by atoms with Gasteiger partial charge in [-0.15, -0.1) is 0 Å². The molecule has 0 spiro atoms. The Kier molecular flexibility index (Phi) is 45.0. The lowest BCUT2D eigenvalue weighted by Gasteiger charge is -2.42. The quantitative estimate of drug-likeness (QED) is 0.0252. The fourth-order valence-electron chi connectivity index (χ4n) is 9.81. The lowest BCUT2D eigenvalue weighted by molar-refractivity contribution is -0.272. The van der Waals surface area contributed by atoms with Gasteiger partial charge in [0.1, 0.15) is 73.1 Å². The van der Waals surface area contributed by atoms with Gasteiger partial charge in [0.05, 0.1) is 159 Å². The van der Waals surface area contributed by atoms with E-state index in [0.29, 0.717) is 19.3 Å². The minimum atomic E-state index is -1.43. The van der Waals surface area contributed by atoms with E-state index in [1.165, 1.54) is 20.8 Å². The molecule has 36 nitrogen and oxygen atoms in total. The number of ether oxygens (including phenoxy) is 15. The molecule has 3 rings (SSSR count). The molecule has 3 heterocycles. The van der Waals surface area contributed by atoms with Crippen LogP contribution >= 0.6 is 0 Å². The zero-order valence-corrected chi connectivity index (χ0v) is 55.1. The van der Waals surface area contributed by atoms with Crippen molar-refractivity contribution >= 4 is 35.4 Å². The summed E-state index contributed by atoms with van der Waals surface area (Å²) in [7, 11) is 0. The molecule has 0 aromatic carbocycles. The van der Waals surface area contributed by atoms with Crippen LogP contribution in [0.5, 0.6) is 0 Å². The molecule has 14 unspecified atom stereocenters. The number of hydrogen-bond acceptors (Lipinski definition) is 30. The first-order valence-corrected chi connectivity index (χ1v) is 32.2. The number of amides is 6. The summed E-state index contributed by atoms with van der Waals surface area (Å²) < 4.78 is 83.3. The van der Waals surface area contributed by atoms with Crippen molar-refractivity contribution in [1.82, 2.24) is 31.9 Å². The van der Waals surface area contributed by atoms with E-state index in [1.54, 1.807) is 0 Å². The van der Waals surface area contributed by atoms with Crippen LogP contribution in [0.3, 0.4) is 0 Å². The fraction of sp³-hybridized carbons (Fsp3) is 0.898. The highest BCUT2D eigenvalue weighted by atomic mass is 16.7. The zero-order valence-electron chi connectivity index (χ0n) is 55.1. The molecular formula is C59H108N6O30. The Labute approximate surface area is 553 Å². The van der Waals surface area contributed by atoms with Crippen molar-refractivity contribution in [3.8, 4) is 0 Å². The van der Waals surface area contributed by atoms with Gasteiger partial charge >= 0.3 is 0 Å². The van der Waals surface area contributed by atoms with Gasteiger partial charge in [0.25, 0.3) is 0 Å². The summed E-state index contributed by atoms with van der Waals surface area (Å²) in [6, 6.07) is -3.18. The molecule has 6 amide bonds. The molecule has 0 radical (unpaired) electrons. The Bertz CT molecular complexity index is 1880. The summed E-state index contributed by atoms with van der Waals surface area (Å²) in [5.41, 5.74) is -0.582. The van der Waals surface area contributed by atoms with Crippen molar-refractivity contribution in [1.29, 1.82) is 0 Å². The first-order valence-electron chi connectivity index (χ1n) is 32.2. The molecule has 0 aromatic heterocycles. The molecule has 0 aliphatic carbocycles. The van der Waals surface area contributed by atoms with Crippen molar-refractivity contribution in [2.24, 2.45) is 5.41 Å². The normalized spacial score (nSPS) is 26.7. The van der Waals surface area contributed by atoms with Crippen LogP contribution in [0, 0.1) is 5.41 Å². The van der Waals surface area contributed by atoms with E-state index < -0.39 is 135 Å². The third kappa shape index (κ3) is 35.5. The number of carbonyl (C=O) groups is 6. The maximum absolute atomic E-state index is 13.0. The Morgan fingerprint density at radius 1 is 0.337 bits per heavy atom. The monoisotopic (exact) mass is 1380 g/mol. The molecule has 3 aliphatic rings. The zero-order chi connectivity index (χ0) is 69.8. The first-order chi connectivity index (χ1) is 45.6. The van der Waals surface area contributed by atoms with Crippen molar-refractivity contribution in [2.75, 3.05) is 178 Å². The predicted octanol–water partition coefficient (Wildman–Crippen LogP) is -7.29. The summed E-state index contributed by atoms with van der Waals surface area (Å²) in [5.74, 6) is -2.10. The van der Waals surface area contributed by atoms with E-state index in [0.717, 1.165) is 0 Å². The van der Waals surface area contributed by atoms with Gasteiger partial charge in [-0.05, 0) is 24.7 Å². The molecular weight excluding hydrogens is 1270 g/mol. The average molecular weight is 1380 g/mol. The van der Waals surface area contributed by atoms with Crippen LogP contribution in [0.4, 0.5) is 0 Å². The number of nitrogens with one attached hydrogen (secondary N) is 6. The van der Waals surface area contributed by atoms with Gasteiger partial charge in [0.15, 0.2) is 18.9 Å². The maximum atomic E-state index is 13.0. The molecule has 0 aromatic rings. The second kappa shape index (κ2) is 50.2. The molecule has 0 saturated carbocycles. The van der Waals surface area contributed by atoms with Gasteiger partial charge in [-0.1, -0.05) is 6.92 Å². The van der Waals surface area contributed by atoms with E-state index in [4.69, 9.17) is 71.1 Å². The number of aliphatic hydroxyl groups excluding tert-OH is 9.